The van der Waals surface area contributed by atoms with Crippen LogP contribution in [0.2, 0.25) is 0 Å². The van der Waals surface area contributed by atoms with Gasteiger partial charge in [-0.05, 0) is 39.9 Å². The van der Waals surface area contributed by atoms with E-state index in [2.05, 4.69) is 35.8 Å². The normalized spacial score (nSPS) is 12.5. The Morgan fingerprint density at radius 3 is 2.80 bits per heavy atom. The number of benzene rings is 1. The van der Waals surface area contributed by atoms with E-state index in [-0.39, 0.29) is 4.69 Å². The summed E-state index contributed by atoms with van der Waals surface area (Å²) in [6.07, 6.45) is 3.52. The number of carbonyl (C=O) groups excluding carboxylic acids is 1. The molecule has 0 radical (unpaired) electrons. The summed E-state index contributed by atoms with van der Waals surface area (Å²) in [7, 11) is 0. The van der Waals surface area contributed by atoms with Gasteiger partial charge in [0, 0.05) is 5.56 Å². The smallest absolute Gasteiger partial charge is 0.228 e. The van der Waals surface area contributed by atoms with Crippen LogP contribution >= 0.6 is 15.9 Å². The summed E-state index contributed by atoms with van der Waals surface area (Å²) < 4.78 is -0.0347. The van der Waals surface area contributed by atoms with Gasteiger partial charge in [-0.3, -0.25) is 4.79 Å². The number of rotatable bonds is 5. The SMILES string of the molecule is CCCC(C)Cc1cccc(C(=O)Br)c1. The van der Waals surface area contributed by atoms with Gasteiger partial charge in [-0.2, -0.15) is 0 Å². The quantitative estimate of drug-likeness (QED) is 0.732. The monoisotopic (exact) mass is 268 g/mol. The third kappa shape index (κ3) is 4.17. The molecule has 0 N–H and O–H groups in total. The van der Waals surface area contributed by atoms with Crippen LogP contribution in [0.5, 0.6) is 0 Å². The predicted octanol–water partition coefficient (Wildman–Crippen LogP) is 4.20. The highest BCUT2D eigenvalue weighted by molar-refractivity contribution is 9.18. The highest BCUT2D eigenvalue weighted by Gasteiger charge is 2.05. The van der Waals surface area contributed by atoms with E-state index in [9.17, 15) is 4.79 Å². The second kappa shape index (κ2) is 6.06. The van der Waals surface area contributed by atoms with Gasteiger partial charge in [0.15, 0.2) is 0 Å². The molecule has 0 saturated heterocycles. The Balaban J connectivity index is 2.69. The lowest BCUT2D eigenvalue weighted by molar-refractivity contribution is 0.109. The Kier molecular flexibility index (Phi) is 5.03. The molecule has 0 aliphatic heterocycles. The highest BCUT2D eigenvalue weighted by Crippen LogP contribution is 2.15. The molecule has 82 valence electrons. The fraction of sp³-hybridized carbons (Fsp3) is 0.462. The van der Waals surface area contributed by atoms with E-state index in [0.717, 1.165) is 12.0 Å². The van der Waals surface area contributed by atoms with Gasteiger partial charge in [-0.15, -0.1) is 0 Å². The molecule has 0 bridgehead atoms. The molecule has 0 saturated carbocycles. The maximum absolute atomic E-state index is 11.1. The Bertz CT molecular complexity index is 333. The van der Waals surface area contributed by atoms with Crippen LogP contribution in [0.15, 0.2) is 24.3 Å². The minimum Gasteiger partial charge on any atom is -0.281 e. The number of carbonyl (C=O) groups is 1. The average Bonchev–Trinajstić information content (AvgIpc) is 2.18. The first-order chi connectivity index (χ1) is 7.13. The number of hydrogen-bond acceptors (Lipinski definition) is 1. The molecule has 15 heavy (non-hydrogen) atoms. The molecule has 1 atom stereocenters. The van der Waals surface area contributed by atoms with Crippen molar-refractivity contribution in [3.05, 3.63) is 35.4 Å². The Labute approximate surface area is 100 Å². The summed E-state index contributed by atoms with van der Waals surface area (Å²) in [6, 6.07) is 7.85. The van der Waals surface area contributed by atoms with Crippen molar-refractivity contribution in [2.24, 2.45) is 5.92 Å². The van der Waals surface area contributed by atoms with Crippen molar-refractivity contribution in [1.82, 2.24) is 0 Å². The van der Waals surface area contributed by atoms with Crippen molar-refractivity contribution in [3.63, 3.8) is 0 Å². The zero-order valence-corrected chi connectivity index (χ0v) is 10.9. The summed E-state index contributed by atoms with van der Waals surface area (Å²) in [6.45, 7) is 4.46. The van der Waals surface area contributed by atoms with Crippen LogP contribution in [0.1, 0.15) is 42.6 Å². The number of hydrogen-bond donors (Lipinski definition) is 0. The van der Waals surface area contributed by atoms with Gasteiger partial charge >= 0.3 is 0 Å². The van der Waals surface area contributed by atoms with Gasteiger partial charge in [0.1, 0.15) is 0 Å². The Hall–Kier alpha value is -0.630. The van der Waals surface area contributed by atoms with E-state index in [1.54, 1.807) is 0 Å². The second-order valence-corrected chi connectivity index (χ2v) is 4.79. The molecule has 2 heteroatoms. The largest absolute Gasteiger partial charge is 0.281 e. The molecule has 1 rings (SSSR count). The standard InChI is InChI=1S/C13H17BrO/c1-3-5-10(2)8-11-6-4-7-12(9-11)13(14)15/h4,6-7,9-10H,3,5,8H2,1-2H3. The van der Waals surface area contributed by atoms with Crippen molar-refractivity contribution in [1.29, 1.82) is 0 Å². The summed E-state index contributed by atoms with van der Waals surface area (Å²) in [4.78, 5) is 11.1. The van der Waals surface area contributed by atoms with Gasteiger partial charge in [0.05, 0.1) is 0 Å². The zero-order chi connectivity index (χ0) is 11.3. The fourth-order valence-electron chi connectivity index (χ4n) is 1.82. The van der Waals surface area contributed by atoms with Gasteiger partial charge in [0.2, 0.25) is 4.69 Å². The molecule has 1 unspecified atom stereocenters. The predicted molar refractivity (Wildman–Crippen MR) is 67.5 cm³/mol. The maximum atomic E-state index is 11.1. The first-order valence-corrected chi connectivity index (χ1v) is 6.21. The molecule has 0 heterocycles. The highest BCUT2D eigenvalue weighted by atomic mass is 79.9. The molecule has 0 aliphatic carbocycles. The van der Waals surface area contributed by atoms with E-state index in [1.165, 1.54) is 18.4 Å². The lowest BCUT2D eigenvalue weighted by Gasteiger charge is -2.10. The molecule has 0 aromatic heterocycles. The Morgan fingerprint density at radius 1 is 1.47 bits per heavy atom. The fourth-order valence-corrected chi connectivity index (χ4v) is 2.06. The summed E-state index contributed by atoms with van der Waals surface area (Å²) >= 11 is 2.97. The zero-order valence-electron chi connectivity index (χ0n) is 9.29. The molecule has 1 aromatic carbocycles. The summed E-state index contributed by atoms with van der Waals surface area (Å²) in [5.74, 6) is 0.690. The van der Waals surface area contributed by atoms with Crippen molar-refractivity contribution >= 4 is 20.6 Å². The Morgan fingerprint density at radius 2 is 2.20 bits per heavy atom. The molecule has 1 nitrogen and oxygen atoms in total. The van der Waals surface area contributed by atoms with Gasteiger partial charge in [0.25, 0.3) is 0 Å². The van der Waals surface area contributed by atoms with Crippen molar-refractivity contribution in [2.45, 2.75) is 33.1 Å². The van der Waals surface area contributed by atoms with Gasteiger partial charge < -0.3 is 0 Å². The van der Waals surface area contributed by atoms with E-state index in [0.29, 0.717) is 5.92 Å². The molecular weight excluding hydrogens is 252 g/mol. The molecule has 1 aromatic rings. The van der Waals surface area contributed by atoms with Crippen molar-refractivity contribution in [3.8, 4) is 0 Å². The van der Waals surface area contributed by atoms with Crippen molar-refractivity contribution in [2.75, 3.05) is 0 Å². The van der Waals surface area contributed by atoms with Gasteiger partial charge in [-0.25, -0.2) is 0 Å². The molecule has 0 fully saturated rings. The van der Waals surface area contributed by atoms with Crippen LogP contribution in [-0.4, -0.2) is 4.69 Å². The van der Waals surface area contributed by atoms with Crippen LogP contribution < -0.4 is 0 Å². The first kappa shape index (κ1) is 12.4. The minimum atomic E-state index is -0.0347. The molecule has 0 spiro atoms. The van der Waals surface area contributed by atoms with E-state index >= 15 is 0 Å². The van der Waals surface area contributed by atoms with Gasteiger partial charge in [-0.1, -0.05) is 44.9 Å². The summed E-state index contributed by atoms with van der Waals surface area (Å²) in [5.41, 5.74) is 2.00. The van der Waals surface area contributed by atoms with Crippen LogP contribution in [-0.2, 0) is 6.42 Å². The minimum absolute atomic E-state index is 0.0347. The average molecular weight is 269 g/mol. The maximum Gasteiger partial charge on any atom is 0.228 e. The van der Waals surface area contributed by atoms with E-state index in [4.69, 9.17) is 0 Å². The summed E-state index contributed by atoms with van der Waals surface area (Å²) in [5, 5.41) is 0. The lowest BCUT2D eigenvalue weighted by atomic mass is 9.96. The van der Waals surface area contributed by atoms with E-state index in [1.807, 2.05) is 18.2 Å². The van der Waals surface area contributed by atoms with E-state index < -0.39 is 0 Å². The third-order valence-electron chi connectivity index (χ3n) is 2.52. The molecule has 0 aliphatic rings. The van der Waals surface area contributed by atoms with Crippen LogP contribution in [0.3, 0.4) is 0 Å². The third-order valence-corrected chi connectivity index (χ3v) is 2.98. The topological polar surface area (TPSA) is 17.1 Å². The molecular formula is C13H17BrO. The molecule has 0 amide bonds. The first-order valence-electron chi connectivity index (χ1n) is 5.42. The lowest BCUT2D eigenvalue weighted by Crippen LogP contribution is -2.00. The van der Waals surface area contributed by atoms with Crippen LogP contribution in [0, 0.1) is 5.92 Å². The van der Waals surface area contributed by atoms with Crippen molar-refractivity contribution < 1.29 is 4.79 Å². The second-order valence-electron chi connectivity index (χ2n) is 4.07. The number of halogens is 1. The van der Waals surface area contributed by atoms with Crippen LogP contribution in [0.4, 0.5) is 0 Å². The van der Waals surface area contributed by atoms with Crippen LogP contribution in [0.25, 0.3) is 0 Å².